The molecule has 0 bridgehead atoms. The van der Waals surface area contributed by atoms with Gasteiger partial charge in [-0.1, -0.05) is 19.9 Å². The third kappa shape index (κ3) is 3.01. The van der Waals surface area contributed by atoms with Gasteiger partial charge in [0.25, 0.3) is 0 Å². The molecule has 0 unspecified atom stereocenters. The number of aromatic nitrogens is 1. The predicted octanol–water partition coefficient (Wildman–Crippen LogP) is 1.69. The Morgan fingerprint density at radius 3 is 2.92 bits per heavy atom. The molecule has 12 heavy (non-hydrogen) atoms. The summed E-state index contributed by atoms with van der Waals surface area (Å²) in [6.07, 6.45) is 0. The molecule has 0 aliphatic rings. The van der Waals surface area contributed by atoms with E-state index in [0.717, 1.165) is 17.9 Å². The van der Waals surface area contributed by atoms with Gasteiger partial charge in [-0.2, -0.15) is 0 Å². The molecular formula is C10H15N2. The predicted molar refractivity (Wildman–Crippen MR) is 49.8 cm³/mol. The molecule has 2 heteroatoms. The standard InChI is InChI=1S/C10H15N2/c1-8(2)11-7-10-6-4-5-9(3)12-10/h4,6,8,11H,7H2,1-3H3. The van der Waals surface area contributed by atoms with Crippen molar-refractivity contribution in [2.45, 2.75) is 33.4 Å². The summed E-state index contributed by atoms with van der Waals surface area (Å²) in [5.41, 5.74) is 2.04. The van der Waals surface area contributed by atoms with Gasteiger partial charge >= 0.3 is 0 Å². The van der Waals surface area contributed by atoms with Crippen molar-refractivity contribution in [3.8, 4) is 0 Å². The number of pyridine rings is 1. The lowest BCUT2D eigenvalue weighted by molar-refractivity contribution is 0.581. The lowest BCUT2D eigenvalue weighted by Gasteiger charge is -2.07. The molecule has 1 aromatic heterocycles. The molecule has 1 heterocycles. The van der Waals surface area contributed by atoms with E-state index in [9.17, 15) is 0 Å². The monoisotopic (exact) mass is 163 g/mol. The summed E-state index contributed by atoms with van der Waals surface area (Å²) in [4.78, 5) is 4.33. The number of hydrogen-bond acceptors (Lipinski definition) is 2. The van der Waals surface area contributed by atoms with Crippen LogP contribution in [0.5, 0.6) is 0 Å². The Labute approximate surface area is 74.0 Å². The van der Waals surface area contributed by atoms with Crippen molar-refractivity contribution in [1.82, 2.24) is 10.3 Å². The van der Waals surface area contributed by atoms with Crippen LogP contribution in [0.1, 0.15) is 25.2 Å². The molecule has 1 N–H and O–H groups in total. The van der Waals surface area contributed by atoms with Crippen LogP contribution in [0.2, 0.25) is 0 Å². The van der Waals surface area contributed by atoms with Gasteiger partial charge in [0.15, 0.2) is 0 Å². The largest absolute Gasteiger partial charge is 0.309 e. The first-order valence-electron chi connectivity index (χ1n) is 4.26. The fourth-order valence-corrected chi connectivity index (χ4v) is 0.951. The van der Waals surface area contributed by atoms with Crippen molar-refractivity contribution in [2.24, 2.45) is 0 Å². The van der Waals surface area contributed by atoms with Crippen molar-refractivity contribution in [2.75, 3.05) is 0 Å². The molecule has 1 radical (unpaired) electrons. The second-order valence-corrected chi connectivity index (χ2v) is 3.20. The molecule has 2 nitrogen and oxygen atoms in total. The molecule has 0 fully saturated rings. The Kier molecular flexibility index (Phi) is 3.23. The first kappa shape index (κ1) is 9.20. The first-order valence-corrected chi connectivity index (χ1v) is 4.26. The van der Waals surface area contributed by atoms with Crippen LogP contribution in [0.4, 0.5) is 0 Å². The minimum absolute atomic E-state index is 0.510. The van der Waals surface area contributed by atoms with Crippen molar-refractivity contribution in [3.63, 3.8) is 0 Å². The van der Waals surface area contributed by atoms with Crippen molar-refractivity contribution in [1.29, 1.82) is 0 Å². The number of aryl methyl sites for hydroxylation is 1. The van der Waals surface area contributed by atoms with Crippen molar-refractivity contribution in [3.05, 3.63) is 29.6 Å². The smallest absolute Gasteiger partial charge is 0.0545 e. The molecule has 0 saturated carbocycles. The molecule has 1 aromatic rings. The number of hydrogen-bond donors (Lipinski definition) is 1. The maximum absolute atomic E-state index is 4.33. The molecular weight excluding hydrogens is 148 g/mol. The van der Waals surface area contributed by atoms with Gasteiger partial charge in [-0.3, -0.25) is 4.98 Å². The molecule has 1 rings (SSSR count). The molecule has 0 saturated heterocycles. The zero-order valence-corrected chi connectivity index (χ0v) is 7.89. The lowest BCUT2D eigenvalue weighted by atomic mass is 10.3. The molecule has 0 spiro atoms. The highest BCUT2D eigenvalue weighted by atomic mass is 14.9. The van der Waals surface area contributed by atoms with Crippen molar-refractivity contribution >= 4 is 0 Å². The summed E-state index contributed by atoms with van der Waals surface area (Å²) in [6, 6.07) is 7.44. The van der Waals surface area contributed by atoms with Crippen LogP contribution in [-0.4, -0.2) is 11.0 Å². The number of nitrogens with one attached hydrogen (secondary N) is 1. The van der Waals surface area contributed by atoms with E-state index in [1.165, 1.54) is 0 Å². The van der Waals surface area contributed by atoms with Gasteiger partial charge in [0.2, 0.25) is 0 Å². The van der Waals surface area contributed by atoms with Gasteiger partial charge < -0.3 is 5.32 Å². The topological polar surface area (TPSA) is 24.9 Å². The minimum Gasteiger partial charge on any atom is -0.309 e. The summed E-state index contributed by atoms with van der Waals surface area (Å²) in [6.45, 7) is 7.05. The summed E-state index contributed by atoms with van der Waals surface area (Å²) in [5.74, 6) is 0. The van der Waals surface area contributed by atoms with Crippen molar-refractivity contribution < 1.29 is 0 Å². The quantitative estimate of drug-likeness (QED) is 0.733. The summed E-state index contributed by atoms with van der Waals surface area (Å²) >= 11 is 0. The molecule has 0 atom stereocenters. The Hall–Kier alpha value is -0.890. The highest BCUT2D eigenvalue weighted by molar-refractivity contribution is 5.08. The molecule has 65 valence electrons. The second-order valence-electron chi connectivity index (χ2n) is 3.20. The average molecular weight is 163 g/mol. The summed E-state index contributed by atoms with van der Waals surface area (Å²) in [5, 5.41) is 3.31. The van der Waals surface area contributed by atoms with E-state index in [1.54, 1.807) is 0 Å². The average Bonchev–Trinajstić information content (AvgIpc) is 2.01. The van der Waals surface area contributed by atoms with E-state index in [1.807, 2.05) is 19.1 Å². The summed E-state index contributed by atoms with van der Waals surface area (Å²) < 4.78 is 0. The van der Waals surface area contributed by atoms with E-state index in [2.05, 4.69) is 30.2 Å². The van der Waals surface area contributed by atoms with Gasteiger partial charge in [-0.05, 0) is 13.0 Å². The lowest BCUT2D eigenvalue weighted by Crippen LogP contribution is -2.22. The summed E-state index contributed by atoms with van der Waals surface area (Å²) in [7, 11) is 0. The van der Waals surface area contributed by atoms with E-state index in [0.29, 0.717) is 6.04 Å². The second kappa shape index (κ2) is 4.21. The van der Waals surface area contributed by atoms with Crippen LogP contribution in [0.15, 0.2) is 12.1 Å². The third-order valence-corrected chi connectivity index (χ3v) is 1.57. The highest BCUT2D eigenvalue weighted by Crippen LogP contribution is 1.96. The zero-order valence-electron chi connectivity index (χ0n) is 7.89. The minimum atomic E-state index is 0.510. The molecule has 0 aromatic carbocycles. The van der Waals surface area contributed by atoms with E-state index >= 15 is 0 Å². The van der Waals surface area contributed by atoms with Gasteiger partial charge in [0.1, 0.15) is 0 Å². The Morgan fingerprint density at radius 2 is 2.33 bits per heavy atom. The third-order valence-electron chi connectivity index (χ3n) is 1.57. The zero-order chi connectivity index (χ0) is 8.97. The van der Waals surface area contributed by atoms with Gasteiger partial charge in [-0.15, -0.1) is 0 Å². The highest BCUT2D eigenvalue weighted by Gasteiger charge is 1.95. The van der Waals surface area contributed by atoms with Gasteiger partial charge in [0.05, 0.1) is 5.69 Å². The SMILES string of the molecule is Cc1[c]ccc(CNC(C)C)n1. The molecule has 0 aliphatic heterocycles. The first-order chi connectivity index (χ1) is 5.68. The Balaban J connectivity index is 2.52. The molecule has 0 aliphatic carbocycles. The van der Waals surface area contributed by atoms with Crippen LogP contribution in [0.25, 0.3) is 0 Å². The maximum Gasteiger partial charge on any atom is 0.0545 e. The Morgan fingerprint density at radius 1 is 1.58 bits per heavy atom. The van der Waals surface area contributed by atoms with Gasteiger partial charge in [0, 0.05) is 24.3 Å². The fraction of sp³-hybridized carbons (Fsp3) is 0.500. The van der Waals surface area contributed by atoms with E-state index in [4.69, 9.17) is 0 Å². The Bertz CT molecular complexity index is 243. The maximum atomic E-state index is 4.33. The van der Waals surface area contributed by atoms with Crippen LogP contribution in [0.3, 0.4) is 0 Å². The van der Waals surface area contributed by atoms with E-state index < -0.39 is 0 Å². The fourth-order valence-electron chi connectivity index (χ4n) is 0.951. The van der Waals surface area contributed by atoms with E-state index in [-0.39, 0.29) is 0 Å². The van der Waals surface area contributed by atoms with Crippen LogP contribution in [-0.2, 0) is 6.54 Å². The number of nitrogens with zero attached hydrogens (tertiary/aromatic N) is 1. The number of rotatable bonds is 3. The molecule has 0 amide bonds. The van der Waals surface area contributed by atoms with Crippen LogP contribution < -0.4 is 5.32 Å². The normalized spacial score (nSPS) is 10.7. The van der Waals surface area contributed by atoms with Crippen LogP contribution in [0, 0.1) is 13.0 Å². The van der Waals surface area contributed by atoms with Gasteiger partial charge in [-0.25, -0.2) is 0 Å². The van der Waals surface area contributed by atoms with Crippen LogP contribution >= 0.6 is 0 Å².